The Bertz CT molecular complexity index is 23.5. The monoisotopic (exact) mass is 157 g/mol. The molecule has 0 aromatic carbocycles. The summed E-state index contributed by atoms with van der Waals surface area (Å²) in [4.78, 5) is 0. The predicted octanol–water partition coefficient (Wildman–Crippen LogP) is -0.310. The summed E-state index contributed by atoms with van der Waals surface area (Å²) in [6.07, 6.45) is 1.10. The smallest absolute Gasteiger partial charge is 0.145 e. The molecule has 0 amide bonds. The third-order valence-corrected chi connectivity index (χ3v) is 0.289. The van der Waals surface area contributed by atoms with Crippen LogP contribution in [0.4, 0.5) is 0 Å². The van der Waals surface area contributed by atoms with Crippen LogP contribution in [0.2, 0.25) is 0 Å². The fourth-order valence-electron chi connectivity index (χ4n) is 0. The minimum absolute atomic E-state index is 0. The van der Waals surface area contributed by atoms with E-state index in [9.17, 15) is 0 Å². The molecule has 0 radical (unpaired) electrons. The Morgan fingerprint density at radius 3 is 1.75 bits per heavy atom. The van der Waals surface area contributed by atoms with Crippen LogP contribution >= 0.6 is 12.4 Å². The van der Waals surface area contributed by atoms with Gasteiger partial charge in [0.15, 0.2) is 0 Å². The molecule has 0 aromatic heterocycles. The SMILES string of the molecule is CCCN.CO[SiH3].Cl. The first-order valence-corrected chi connectivity index (χ1v) is 3.25. The maximum Gasteiger partial charge on any atom is 0.145 e. The Hall–Kier alpha value is 0.427. The van der Waals surface area contributed by atoms with Gasteiger partial charge >= 0.3 is 0 Å². The van der Waals surface area contributed by atoms with Crippen molar-refractivity contribution in [1.29, 1.82) is 0 Å². The zero-order valence-corrected chi connectivity index (χ0v) is 8.62. The van der Waals surface area contributed by atoms with Crippen LogP contribution < -0.4 is 5.73 Å². The molecule has 0 bridgehead atoms. The van der Waals surface area contributed by atoms with E-state index in [4.69, 9.17) is 5.73 Å². The standard InChI is InChI=1S/C3H9N.CH6OSi.ClH/c1-2-3-4;1-2-3;/h2-4H2,1H3;1,3H3;1H. The summed E-state index contributed by atoms with van der Waals surface area (Å²) in [5.74, 6) is 0. The zero-order chi connectivity index (χ0) is 6.12. The topological polar surface area (TPSA) is 35.2 Å². The van der Waals surface area contributed by atoms with E-state index in [2.05, 4.69) is 11.3 Å². The van der Waals surface area contributed by atoms with E-state index in [0.29, 0.717) is 0 Å². The van der Waals surface area contributed by atoms with Gasteiger partial charge in [-0.3, -0.25) is 0 Å². The van der Waals surface area contributed by atoms with E-state index in [0.717, 1.165) is 23.5 Å². The van der Waals surface area contributed by atoms with Gasteiger partial charge < -0.3 is 10.2 Å². The summed E-state index contributed by atoms with van der Waals surface area (Å²) >= 11 is 0. The van der Waals surface area contributed by atoms with Gasteiger partial charge in [-0.2, -0.15) is 0 Å². The van der Waals surface area contributed by atoms with Gasteiger partial charge in [-0.15, -0.1) is 12.4 Å². The highest BCUT2D eigenvalue weighted by molar-refractivity contribution is 5.97. The van der Waals surface area contributed by atoms with Gasteiger partial charge in [-0.25, -0.2) is 0 Å². The van der Waals surface area contributed by atoms with Gasteiger partial charge in [0.2, 0.25) is 0 Å². The molecule has 0 aliphatic heterocycles. The second-order valence-corrected chi connectivity index (χ2v) is 2.01. The molecule has 0 rings (SSSR count). The molecule has 0 aliphatic carbocycles. The number of halogens is 1. The summed E-state index contributed by atoms with van der Waals surface area (Å²) < 4.78 is 4.39. The average molecular weight is 158 g/mol. The van der Waals surface area contributed by atoms with Crippen LogP contribution in [-0.4, -0.2) is 24.1 Å². The molecule has 0 aromatic rings. The first-order chi connectivity index (χ1) is 3.33. The van der Waals surface area contributed by atoms with Gasteiger partial charge in [0.05, 0.1) is 0 Å². The fourth-order valence-corrected chi connectivity index (χ4v) is 0. The number of nitrogens with two attached hydrogens (primary N) is 1. The van der Waals surface area contributed by atoms with Crippen LogP contribution in [0.5, 0.6) is 0 Å². The molecule has 0 heterocycles. The largest absolute Gasteiger partial charge is 0.431 e. The molecule has 0 saturated heterocycles. The molecule has 0 saturated carbocycles. The van der Waals surface area contributed by atoms with E-state index in [1.54, 1.807) is 7.11 Å². The van der Waals surface area contributed by atoms with Crippen molar-refractivity contribution >= 4 is 22.9 Å². The highest BCUT2D eigenvalue weighted by Gasteiger charge is 1.55. The van der Waals surface area contributed by atoms with Gasteiger partial charge in [-0.05, 0) is 13.0 Å². The van der Waals surface area contributed by atoms with Crippen LogP contribution in [0.3, 0.4) is 0 Å². The zero-order valence-electron chi connectivity index (χ0n) is 5.81. The third-order valence-electron chi connectivity index (χ3n) is 0.289. The van der Waals surface area contributed by atoms with Gasteiger partial charge in [-0.1, -0.05) is 6.92 Å². The number of hydrogen-bond donors (Lipinski definition) is 1. The Morgan fingerprint density at radius 2 is 1.75 bits per heavy atom. The van der Waals surface area contributed by atoms with Crippen molar-refractivity contribution in [3.8, 4) is 0 Å². The summed E-state index contributed by atoms with van der Waals surface area (Å²) in [7, 11) is 2.56. The maximum atomic E-state index is 5.03. The second kappa shape index (κ2) is 26.1. The first-order valence-electron chi connectivity index (χ1n) is 2.43. The van der Waals surface area contributed by atoms with Crippen molar-refractivity contribution < 1.29 is 4.43 Å². The Labute approximate surface area is 60.7 Å². The van der Waals surface area contributed by atoms with Crippen molar-refractivity contribution in [2.45, 2.75) is 13.3 Å². The normalized spacial score (nSPS) is 6.38. The highest BCUT2D eigenvalue weighted by Crippen LogP contribution is 1.57. The molecule has 0 aliphatic rings. The summed E-state index contributed by atoms with van der Waals surface area (Å²) in [5, 5.41) is 0. The lowest BCUT2D eigenvalue weighted by Crippen LogP contribution is -1.93. The third kappa shape index (κ3) is 93.0. The van der Waals surface area contributed by atoms with E-state index in [1.807, 2.05) is 0 Å². The van der Waals surface area contributed by atoms with Crippen LogP contribution in [0.15, 0.2) is 0 Å². The first kappa shape index (κ1) is 15.8. The van der Waals surface area contributed by atoms with Crippen molar-refractivity contribution in [3.05, 3.63) is 0 Å². The van der Waals surface area contributed by atoms with Crippen molar-refractivity contribution in [2.75, 3.05) is 13.7 Å². The Balaban J connectivity index is -0.0000000575. The van der Waals surface area contributed by atoms with Crippen LogP contribution in [0.25, 0.3) is 0 Å². The molecule has 0 unspecified atom stereocenters. The van der Waals surface area contributed by atoms with E-state index >= 15 is 0 Å². The molecule has 4 heteroatoms. The predicted molar refractivity (Wildman–Crippen MR) is 43.5 cm³/mol. The molecule has 0 fully saturated rings. The number of rotatable bonds is 1. The summed E-state index contributed by atoms with van der Waals surface area (Å²) in [5.41, 5.74) is 5.03. The minimum atomic E-state index is 0. The van der Waals surface area contributed by atoms with Crippen LogP contribution in [0, 0.1) is 0 Å². The van der Waals surface area contributed by atoms with Crippen molar-refractivity contribution in [3.63, 3.8) is 0 Å². The van der Waals surface area contributed by atoms with E-state index < -0.39 is 0 Å². The lowest BCUT2D eigenvalue weighted by Gasteiger charge is -1.70. The van der Waals surface area contributed by atoms with Crippen molar-refractivity contribution in [1.82, 2.24) is 0 Å². The molecular formula is C4H16ClNOSi. The number of hydrogen-bond acceptors (Lipinski definition) is 2. The molecular weight excluding hydrogens is 142 g/mol. The molecule has 54 valence electrons. The molecule has 2 N–H and O–H groups in total. The summed E-state index contributed by atoms with van der Waals surface area (Å²) in [6.45, 7) is 2.88. The Kier molecular flexibility index (Phi) is 51.5. The molecule has 2 nitrogen and oxygen atoms in total. The quantitative estimate of drug-likeness (QED) is 0.531. The van der Waals surface area contributed by atoms with E-state index in [1.165, 1.54) is 0 Å². The van der Waals surface area contributed by atoms with Gasteiger partial charge in [0.25, 0.3) is 0 Å². The maximum absolute atomic E-state index is 5.03. The van der Waals surface area contributed by atoms with Crippen LogP contribution in [-0.2, 0) is 4.43 Å². The molecule has 0 spiro atoms. The second-order valence-electron chi connectivity index (χ2n) is 1.20. The highest BCUT2D eigenvalue weighted by atomic mass is 35.5. The Morgan fingerprint density at radius 1 is 1.62 bits per heavy atom. The fraction of sp³-hybridized carbons (Fsp3) is 1.00. The van der Waals surface area contributed by atoms with Gasteiger partial charge in [0, 0.05) is 7.11 Å². The van der Waals surface area contributed by atoms with E-state index in [-0.39, 0.29) is 12.4 Å². The summed E-state index contributed by atoms with van der Waals surface area (Å²) in [6, 6.07) is 0. The molecule has 0 atom stereocenters. The van der Waals surface area contributed by atoms with Gasteiger partial charge in [0.1, 0.15) is 10.5 Å². The minimum Gasteiger partial charge on any atom is -0.431 e. The lowest BCUT2D eigenvalue weighted by atomic mass is 10.5. The average Bonchev–Trinajstić information content (AvgIpc) is 1.69. The molecule has 8 heavy (non-hydrogen) atoms. The lowest BCUT2D eigenvalue weighted by molar-refractivity contribution is 0.460. The van der Waals surface area contributed by atoms with Crippen molar-refractivity contribution in [2.24, 2.45) is 5.73 Å². The van der Waals surface area contributed by atoms with Crippen LogP contribution in [0.1, 0.15) is 13.3 Å².